The van der Waals surface area contributed by atoms with Gasteiger partial charge in [0, 0.05) is 5.02 Å². The van der Waals surface area contributed by atoms with Gasteiger partial charge in [-0.3, -0.25) is 0 Å². The fourth-order valence-electron chi connectivity index (χ4n) is 1.13. The number of alkyl halides is 5. The Kier molecular flexibility index (Phi) is 5.34. The largest absolute Gasteiger partial charge is 0.455 e. The van der Waals surface area contributed by atoms with Crippen LogP contribution in [0.4, 0.5) is 26.3 Å². The van der Waals surface area contributed by atoms with E-state index in [4.69, 9.17) is 17.3 Å². The average Bonchev–Trinajstić information content (AvgIpc) is 2.14. The maximum atomic E-state index is 12.9. The Morgan fingerprint density at radius 1 is 1.11 bits per heavy atom. The summed E-state index contributed by atoms with van der Waals surface area (Å²) in [4.78, 5) is 0. The lowest BCUT2D eigenvalue weighted by Crippen LogP contribution is -2.45. The van der Waals surface area contributed by atoms with Gasteiger partial charge >= 0.3 is 12.1 Å². The van der Waals surface area contributed by atoms with E-state index in [1.54, 1.807) is 0 Å². The molecule has 0 aliphatic heterocycles. The second-order valence-electron chi connectivity index (χ2n) is 3.26. The van der Waals surface area contributed by atoms with Crippen LogP contribution in [0.2, 0.25) is 5.02 Å². The molecule has 1 aromatic carbocycles. The molecule has 0 aromatic heterocycles. The first-order valence-corrected chi connectivity index (χ1v) is 4.60. The monoisotopic (exact) mass is 313 g/mol. The van der Waals surface area contributed by atoms with Crippen LogP contribution in [0.25, 0.3) is 0 Å². The first kappa shape index (κ1) is 17.3. The standard InChI is InChI=1S/C9H6ClF6N.ClH/c10-6-3-4(11)1-2-5(6)7(17)8(12,13)9(14,15)16;/h1-3,7H,17H2;1H/t7-;/m1./s1. The molecule has 0 aliphatic carbocycles. The van der Waals surface area contributed by atoms with Crippen LogP contribution in [-0.2, 0) is 0 Å². The summed E-state index contributed by atoms with van der Waals surface area (Å²) in [5.41, 5.74) is 4.16. The summed E-state index contributed by atoms with van der Waals surface area (Å²) in [6.45, 7) is 0. The number of hydrogen-bond acceptors (Lipinski definition) is 1. The molecule has 0 bridgehead atoms. The third kappa shape index (κ3) is 3.21. The van der Waals surface area contributed by atoms with Crippen LogP contribution in [0.1, 0.15) is 11.6 Å². The van der Waals surface area contributed by atoms with Gasteiger partial charge in [-0.25, -0.2) is 4.39 Å². The highest BCUT2D eigenvalue weighted by Gasteiger charge is 2.62. The third-order valence-corrected chi connectivity index (χ3v) is 2.39. The summed E-state index contributed by atoms with van der Waals surface area (Å²) in [7, 11) is 0. The van der Waals surface area contributed by atoms with E-state index >= 15 is 0 Å². The van der Waals surface area contributed by atoms with Gasteiger partial charge in [0.2, 0.25) is 0 Å². The zero-order chi connectivity index (χ0) is 13.4. The first-order chi connectivity index (χ1) is 7.57. The fraction of sp³-hybridized carbons (Fsp3) is 0.333. The van der Waals surface area contributed by atoms with Crippen molar-refractivity contribution in [3.05, 3.63) is 34.6 Å². The van der Waals surface area contributed by atoms with Crippen molar-refractivity contribution in [1.82, 2.24) is 0 Å². The summed E-state index contributed by atoms with van der Waals surface area (Å²) in [5.74, 6) is -6.00. The molecule has 18 heavy (non-hydrogen) atoms. The minimum absolute atomic E-state index is 0. The molecular weight excluding hydrogens is 307 g/mol. The van der Waals surface area contributed by atoms with Crippen LogP contribution in [0.15, 0.2) is 18.2 Å². The third-order valence-electron chi connectivity index (χ3n) is 2.07. The van der Waals surface area contributed by atoms with Crippen LogP contribution >= 0.6 is 24.0 Å². The molecule has 1 nitrogen and oxygen atoms in total. The smallest absolute Gasteiger partial charge is 0.319 e. The Morgan fingerprint density at radius 3 is 2.00 bits per heavy atom. The summed E-state index contributed by atoms with van der Waals surface area (Å²) in [5, 5.41) is -0.582. The van der Waals surface area contributed by atoms with Gasteiger partial charge in [0.15, 0.2) is 0 Å². The molecule has 0 fully saturated rings. The SMILES string of the molecule is Cl.N[C@H](c1ccc(F)cc1Cl)C(F)(F)C(F)(F)F. The molecule has 0 spiro atoms. The Morgan fingerprint density at radius 2 is 1.61 bits per heavy atom. The zero-order valence-corrected chi connectivity index (χ0v) is 10.0. The Labute approximate surface area is 109 Å². The molecule has 0 aliphatic rings. The van der Waals surface area contributed by atoms with Crippen LogP contribution in [0, 0.1) is 5.82 Å². The number of hydrogen-bond donors (Lipinski definition) is 1. The van der Waals surface area contributed by atoms with Gasteiger partial charge in [0.05, 0.1) is 0 Å². The maximum Gasteiger partial charge on any atom is 0.455 e. The molecule has 104 valence electrons. The van der Waals surface area contributed by atoms with E-state index in [1.807, 2.05) is 0 Å². The maximum absolute atomic E-state index is 12.9. The number of benzene rings is 1. The molecule has 0 heterocycles. The predicted molar refractivity (Wildman–Crippen MR) is 56.6 cm³/mol. The average molecular weight is 314 g/mol. The second kappa shape index (κ2) is 5.54. The van der Waals surface area contributed by atoms with Crippen molar-refractivity contribution >= 4 is 24.0 Å². The Balaban J connectivity index is 0.00000289. The van der Waals surface area contributed by atoms with Gasteiger partial charge < -0.3 is 5.73 Å². The van der Waals surface area contributed by atoms with Crippen molar-refractivity contribution in [1.29, 1.82) is 0 Å². The van der Waals surface area contributed by atoms with Crippen molar-refractivity contribution < 1.29 is 26.3 Å². The predicted octanol–water partition coefficient (Wildman–Crippen LogP) is 4.10. The van der Waals surface area contributed by atoms with Gasteiger partial charge in [-0.05, 0) is 17.7 Å². The van der Waals surface area contributed by atoms with Crippen molar-refractivity contribution in [3.8, 4) is 0 Å². The van der Waals surface area contributed by atoms with Gasteiger partial charge in [-0.2, -0.15) is 22.0 Å². The Bertz CT molecular complexity index is 420. The molecule has 1 atom stereocenters. The zero-order valence-electron chi connectivity index (χ0n) is 8.44. The van der Waals surface area contributed by atoms with Crippen molar-refractivity contribution in [2.75, 3.05) is 0 Å². The molecule has 0 radical (unpaired) electrons. The van der Waals surface area contributed by atoms with E-state index in [2.05, 4.69) is 0 Å². The van der Waals surface area contributed by atoms with Crippen molar-refractivity contribution in [2.24, 2.45) is 5.73 Å². The van der Waals surface area contributed by atoms with Gasteiger partial charge in [0.25, 0.3) is 0 Å². The molecule has 0 saturated heterocycles. The molecule has 0 saturated carbocycles. The molecule has 0 amide bonds. The first-order valence-electron chi connectivity index (χ1n) is 4.22. The minimum atomic E-state index is -5.80. The lowest BCUT2D eigenvalue weighted by atomic mass is 10.0. The highest BCUT2D eigenvalue weighted by molar-refractivity contribution is 6.31. The van der Waals surface area contributed by atoms with E-state index in [1.165, 1.54) is 0 Å². The minimum Gasteiger partial charge on any atom is -0.319 e. The van der Waals surface area contributed by atoms with E-state index in [0.29, 0.717) is 18.2 Å². The van der Waals surface area contributed by atoms with Gasteiger partial charge in [0.1, 0.15) is 11.9 Å². The van der Waals surface area contributed by atoms with Crippen LogP contribution in [0.5, 0.6) is 0 Å². The summed E-state index contributed by atoms with van der Waals surface area (Å²) in [6.07, 6.45) is -5.80. The van der Waals surface area contributed by atoms with E-state index in [-0.39, 0.29) is 12.4 Å². The van der Waals surface area contributed by atoms with Gasteiger partial charge in [-0.15, -0.1) is 12.4 Å². The molecule has 1 aromatic rings. The second-order valence-corrected chi connectivity index (χ2v) is 3.67. The molecule has 0 unspecified atom stereocenters. The van der Waals surface area contributed by atoms with Crippen molar-refractivity contribution in [3.63, 3.8) is 0 Å². The number of nitrogens with two attached hydrogens (primary N) is 1. The molecule has 2 N–H and O–H groups in total. The number of rotatable bonds is 2. The van der Waals surface area contributed by atoms with Crippen LogP contribution in [-0.4, -0.2) is 12.1 Å². The number of halogens is 8. The fourth-order valence-corrected chi connectivity index (χ4v) is 1.41. The topological polar surface area (TPSA) is 26.0 Å². The lowest BCUT2D eigenvalue weighted by Gasteiger charge is -2.26. The summed E-state index contributed by atoms with van der Waals surface area (Å²) >= 11 is 5.36. The van der Waals surface area contributed by atoms with Crippen molar-refractivity contribution in [2.45, 2.75) is 18.1 Å². The van der Waals surface area contributed by atoms with Crippen LogP contribution < -0.4 is 5.73 Å². The van der Waals surface area contributed by atoms with E-state index in [9.17, 15) is 26.3 Å². The molecule has 9 heteroatoms. The van der Waals surface area contributed by atoms with E-state index in [0.717, 1.165) is 0 Å². The highest BCUT2D eigenvalue weighted by atomic mass is 35.5. The summed E-state index contributed by atoms with van der Waals surface area (Å²) < 4.78 is 74.5. The van der Waals surface area contributed by atoms with Gasteiger partial charge in [-0.1, -0.05) is 17.7 Å². The summed E-state index contributed by atoms with van der Waals surface area (Å²) in [6, 6.07) is -0.672. The van der Waals surface area contributed by atoms with Crippen LogP contribution in [0.3, 0.4) is 0 Å². The lowest BCUT2D eigenvalue weighted by molar-refractivity contribution is -0.290. The quantitative estimate of drug-likeness (QED) is 0.817. The molecular formula is C9H7Cl2F6N. The Hall–Kier alpha value is -0.660. The highest BCUT2D eigenvalue weighted by Crippen LogP contribution is 2.44. The molecule has 1 rings (SSSR count). The normalized spacial score (nSPS) is 14.0. The van der Waals surface area contributed by atoms with E-state index < -0.39 is 34.5 Å².